The Morgan fingerprint density at radius 2 is 1.81 bits per heavy atom. The van der Waals surface area contributed by atoms with Crippen LogP contribution in [-0.4, -0.2) is 54.7 Å². The molecule has 1 aliphatic heterocycles. The van der Waals surface area contributed by atoms with Gasteiger partial charge in [0.1, 0.15) is 11.2 Å². The molecule has 2 aromatic carbocycles. The highest BCUT2D eigenvalue weighted by Gasteiger charge is 2.44. The minimum Gasteiger partial charge on any atom is -0.369 e. The molecule has 5 rings (SSSR count). The van der Waals surface area contributed by atoms with E-state index in [1.54, 1.807) is 12.1 Å². The van der Waals surface area contributed by atoms with Gasteiger partial charge in [0.2, 0.25) is 0 Å². The zero-order valence-corrected chi connectivity index (χ0v) is 18.0. The summed E-state index contributed by atoms with van der Waals surface area (Å²) in [5, 5.41) is 16.3. The molecule has 1 aliphatic carbocycles. The van der Waals surface area contributed by atoms with Gasteiger partial charge in [0.05, 0.1) is 6.07 Å². The molecule has 7 nitrogen and oxygen atoms in total. The van der Waals surface area contributed by atoms with E-state index in [0.29, 0.717) is 24.2 Å². The number of nitrogens with one attached hydrogen (secondary N) is 1. The lowest BCUT2D eigenvalue weighted by atomic mass is 10.1. The zero-order chi connectivity index (χ0) is 22.1. The van der Waals surface area contributed by atoms with Gasteiger partial charge in [-0.15, -0.1) is 0 Å². The fourth-order valence-electron chi connectivity index (χ4n) is 3.95. The van der Waals surface area contributed by atoms with Crippen molar-refractivity contribution >= 4 is 11.6 Å². The molecular formula is C25H25N5O2. The molecule has 1 aromatic heterocycles. The number of amides is 1. The molecule has 1 saturated heterocycles. The predicted molar refractivity (Wildman–Crippen MR) is 122 cm³/mol. The van der Waals surface area contributed by atoms with Crippen molar-refractivity contribution in [3.05, 3.63) is 60.2 Å². The molecule has 2 fully saturated rings. The van der Waals surface area contributed by atoms with Crippen LogP contribution in [-0.2, 0) is 0 Å². The number of nitriles is 1. The fraction of sp³-hybridized carbons (Fsp3) is 0.320. The average molecular weight is 428 g/mol. The Morgan fingerprint density at radius 3 is 2.50 bits per heavy atom. The minimum absolute atomic E-state index is 0.245. The zero-order valence-electron chi connectivity index (χ0n) is 18.0. The van der Waals surface area contributed by atoms with Crippen LogP contribution in [0, 0.1) is 11.3 Å². The number of rotatable bonds is 5. The van der Waals surface area contributed by atoms with Crippen LogP contribution in [0.15, 0.2) is 59.1 Å². The molecule has 0 atom stereocenters. The molecule has 2 aliphatic rings. The highest BCUT2D eigenvalue weighted by Crippen LogP contribution is 2.35. The largest absolute Gasteiger partial charge is 0.369 e. The number of piperazine rings is 1. The van der Waals surface area contributed by atoms with Crippen molar-refractivity contribution < 1.29 is 9.32 Å². The van der Waals surface area contributed by atoms with Gasteiger partial charge in [0.25, 0.3) is 5.91 Å². The third-order valence-electron chi connectivity index (χ3n) is 6.27. The van der Waals surface area contributed by atoms with Crippen molar-refractivity contribution in [2.24, 2.45) is 0 Å². The molecule has 162 valence electrons. The van der Waals surface area contributed by atoms with Crippen LogP contribution < -0.4 is 10.2 Å². The van der Waals surface area contributed by atoms with Gasteiger partial charge in [0.15, 0.2) is 5.76 Å². The molecule has 0 bridgehead atoms. The van der Waals surface area contributed by atoms with Crippen molar-refractivity contribution in [1.29, 1.82) is 5.26 Å². The summed E-state index contributed by atoms with van der Waals surface area (Å²) in [6, 6.07) is 19.7. The predicted octanol–water partition coefficient (Wildman–Crippen LogP) is 3.55. The third-order valence-corrected chi connectivity index (χ3v) is 6.27. The molecule has 1 saturated carbocycles. The second kappa shape index (κ2) is 8.13. The van der Waals surface area contributed by atoms with Gasteiger partial charge in [-0.25, -0.2) is 0 Å². The van der Waals surface area contributed by atoms with Crippen LogP contribution >= 0.6 is 0 Å². The number of benzene rings is 2. The maximum atomic E-state index is 12.5. The lowest BCUT2D eigenvalue weighted by molar-refractivity contribution is 0.0941. The first kappa shape index (κ1) is 20.3. The van der Waals surface area contributed by atoms with E-state index in [0.717, 1.165) is 43.0 Å². The average Bonchev–Trinajstić information content (AvgIpc) is 3.43. The Labute approximate surface area is 187 Å². The van der Waals surface area contributed by atoms with Crippen molar-refractivity contribution in [1.82, 2.24) is 15.4 Å². The number of hydrogen-bond donors (Lipinski definition) is 1. The number of carbonyl (C=O) groups excluding carboxylic acids is 1. The number of hydrogen-bond acceptors (Lipinski definition) is 6. The molecular weight excluding hydrogens is 402 g/mol. The van der Waals surface area contributed by atoms with Crippen molar-refractivity contribution in [3.63, 3.8) is 0 Å². The van der Waals surface area contributed by atoms with E-state index in [-0.39, 0.29) is 5.91 Å². The summed E-state index contributed by atoms with van der Waals surface area (Å²) in [6.07, 6.45) is 1.40. The second-order valence-electron chi connectivity index (χ2n) is 8.64. The summed E-state index contributed by atoms with van der Waals surface area (Å²) >= 11 is 0. The molecule has 1 N–H and O–H groups in total. The quantitative estimate of drug-likeness (QED) is 0.670. The normalized spacial score (nSPS) is 17.6. The van der Waals surface area contributed by atoms with Crippen molar-refractivity contribution in [2.75, 3.05) is 38.1 Å². The molecule has 0 spiro atoms. The van der Waals surface area contributed by atoms with Gasteiger partial charge in [-0.3, -0.25) is 4.79 Å². The summed E-state index contributed by atoms with van der Waals surface area (Å²) in [5.41, 5.74) is 3.53. The summed E-state index contributed by atoms with van der Waals surface area (Å²) in [4.78, 5) is 17.3. The monoisotopic (exact) mass is 427 g/mol. The Hall–Kier alpha value is -3.63. The van der Waals surface area contributed by atoms with Crippen LogP contribution in [0.5, 0.6) is 0 Å². The molecule has 32 heavy (non-hydrogen) atoms. The molecule has 0 radical (unpaired) electrons. The van der Waals surface area contributed by atoms with E-state index in [1.807, 2.05) is 18.2 Å². The lowest BCUT2D eigenvalue weighted by Gasteiger charge is -2.34. The van der Waals surface area contributed by atoms with Gasteiger partial charge in [0, 0.05) is 54.6 Å². The SMILES string of the molecule is CN1CCN(c2ccc(-c3cc(-c4cccc(C(=O)NC5(C#N)CC5)c4)on3)cc2)CC1. The van der Waals surface area contributed by atoms with E-state index in [2.05, 4.69) is 57.7 Å². The number of nitrogens with zero attached hydrogens (tertiary/aromatic N) is 4. The maximum Gasteiger partial charge on any atom is 0.252 e. The summed E-state index contributed by atoms with van der Waals surface area (Å²) in [5.74, 6) is 0.351. The van der Waals surface area contributed by atoms with Crippen LogP contribution in [0.25, 0.3) is 22.6 Å². The van der Waals surface area contributed by atoms with E-state index >= 15 is 0 Å². The summed E-state index contributed by atoms with van der Waals surface area (Å²) in [6.45, 7) is 4.21. The molecule has 2 heterocycles. The second-order valence-corrected chi connectivity index (χ2v) is 8.64. The standard InChI is InChI=1S/C25H25N5O2/c1-29-11-13-30(14-12-29)21-7-5-18(6-8-21)22-16-23(32-28-22)19-3-2-4-20(15-19)24(31)27-25(17-26)9-10-25/h2-8,15-16H,9-14H2,1H3,(H,27,31). The Kier molecular flexibility index (Phi) is 5.16. The minimum atomic E-state index is -0.692. The number of carbonyl (C=O) groups is 1. The van der Waals surface area contributed by atoms with Crippen LogP contribution in [0.1, 0.15) is 23.2 Å². The van der Waals surface area contributed by atoms with Gasteiger partial charge in [-0.2, -0.15) is 5.26 Å². The van der Waals surface area contributed by atoms with Gasteiger partial charge < -0.3 is 19.6 Å². The van der Waals surface area contributed by atoms with Gasteiger partial charge >= 0.3 is 0 Å². The fourth-order valence-corrected chi connectivity index (χ4v) is 3.95. The Morgan fingerprint density at radius 1 is 1.06 bits per heavy atom. The highest BCUT2D eigenvalue weighted by molar-refractivity contribution is 5.96. The first-order valence-electron chi connectivity index (χ1n) is 10.9. The maximum absolute atomic E-state index is 12.5. The highest BCUT2D eigenvalue weighted by atomic mass is 16.5. The van der Waals surface area contributed by atoms with E-state index in [4.69, 9.17) is 4.52 Å². The molecule has 1 amide bonds. The van der Waals surface area contributed by atoms with Crippen LogP contribution in [0.3, 0.4) is 0 Å². The van der Waals surface area contributed by atoms with Crippen molar-refractivity contribution in [3.8, 4) is 28.7 Å². The van der Waals surface area contributed by atoms with Crippen LogP contribution in [0.4, 0.5) is 5.69 Å². The molecule has 3 aromatic rings. The molecule has 0 unspecified atom stereocenters. The van der Waals surface area contributed by atoms with Gasteiger partial charge in [-0.05, 0) is 44.2 Å². The number of likely N-dealkylation sites (N-methyl/N-ethyl adjacent to an activating group) is 1. The van der Waals surface area contributed by atoms with Gasteiger partial charge in [-0.1, -0.05) is 29.4 Å². The number of anilines is 1. The Bertz CT molecular complexity index is 1170. The Balaban J connectivity index is 1.31. The van der Waals surface area contributed by atoms with Crippen molar-refractivity contribution in [2.45, 2.75) is 18.4 Å². The number of aromatic nitrogens is 1. The smallest absolute Gasteiger partial charge is 0.252 e. The third kappa shape index (κ3) is 4.10. The topological polar surface area (TPSA) is 85.4 Å². The summed E-state index contributed by atoms with van der Waals surface area (Å²) in [7, 11) is 2.15. The van der Waals surface area contributed by atoms with E-state index in [1.165, 1.54) is 5.69 Å². The molecule has 7 heteroatoms. The summed E-state index contributed by atoms with van der Waals surface area (Å²) < 4.78 is 5.58. The first-order valence-corrected chi connectivity index (χ1v) is 10.9. The first-order chi connectivity index (χ1) is 15.5. The van der Waals surface area contributed by atoms with E-state index in [9.17, 15) is 10.1 Å². The lowest BCUT2D eigenvalue weighted by Crippen LogP contribution is -2.44. The van der Waals surface area contributed by atoms with E-state index < -0.39 is 5.54 Å². The van der Waals surface area contributed by atoms with Crippen LogP contribution in [0.2, 0.25) is 0 Å².